The maximum atomic E-state index is 13.4. The number of alkyl halides is 3. The van der Waals surface area contributed by atoms with Gasteiger partial charge in [0, 0.05) is 25.3 Å². The molecule has 1 aromatic carbocycles. The number of nitrogens with one attached hydrogen (secondary N) is 1. The topological polar surface area (TPSA) is 41.6 Å². The molecule has 1 saturated heterocycles. The van der Waals surface area contributed by atoms with Gasteiger partial charge in [-0.1, -0.05) is 6.07 Å². The second-order valence-electron chi connectivity index (χ2n) is 5.07. The minimum absolute atomic E-state index is 0.178. The minimum Gasteiger partial charge on any atom is -0.497 e. The third-order valence-electron chi connectivity index (χ3n) is 3.85. The van der Waals surface area contributed by atoms with E-state index in [1.165, 1.54) is 20.2 Å². The van der Waals surface area contributed by atoms with Gasteiger partial charge in [0.2, 0.25) is 5.91 Å². The number of carbonyl (C=O) groups is 1. The first-order chi connectivity index (χ1) is 9.82. The van der Waals surface area contributed by atoms with E-state index in [1.54, 1.807) is 18.2 Å². The zero-order valence-electron chi connectivity index (χ0n) is 11.8. The van der Waals surface area contributed by atoms with Crippen molar-refractivity contribution in [1.29, 1.82) is 0 Å². The second kappa shape index (κ2) is 5.55. The highest BCUT2D eigenvalue weighted by molar-refractivity contribution is 5.98. The molecule has 1 atom stereocenters. The van der Waals surface area contributed by atoms with Crippen molar-refractivity contribution in [1.82, 2.24) is 5.32 Å². The first-order valence-corrected chi connectivity index (χ1v) is 6.51. The molecule has 1 heterocycles. The van der Waals surface area contributed by atoms with Crippen LogP contribution in [0.25, 0.3) is 0 Å². The number of nitrogens with zero attached hydrogens (tertiary/aromatic N) is 1. The van der Waals surface area contributed by atoms with Gasteiger partial charge in [0.05, 0.1) is 7.11 Å². The Bertz CT molecular complexity index is 525. The molecule has 7 heteroatoms. The smallest absolute Gasteiger partial charge is 0.404 e. The van der Waals surface area contributed by atoms with Gasteiger partial charge < -0.3 is 15.0 Å². The van der Waals surface area contributed by atoms with E-state index in [4.69, 9.17) is 4.74 Å². The second-order valence-corrected chi connectivity index (χ2v) is 5.07. The van der Waals surface area contributed by atoms with Crippen molar-refractivity contribution in [2.45, 2.75) is 12.6 Å². The van der Waals surface area contributed by atoms with E-state index >= 15 is 0 Å². The van der Waals surface area contributed by atoms with Gasteiger partial charge in [0.1, 0.15) is 5.75 Å². The van der Waals surface area contributed by atoms with Crippen molar-refractivity contribution in [2.75, 3.05) is 32.1 Å². The summed E-state index contributed by atoms with van der Waals surface area (Å²) in [7, 11) is 2.81. The number of rotatable bonds is 3. The van der Waals surface area contributed by atoms with E-state index in [9.17, 15) is 18.0 Å². The molecular formula is C14H17F3N2O2. The summed E-state index contributed by atoms with van der Waals surface area (Å²) in [6.07, 6.45) is -4.83. The van der Waals surface area contributed by atoms with E-state index < -0.39 is 17.5 Å². The summed E-state index contributed by atoms with van der Waals surface area (Å²) in [5.41, 5.74) is -1.99. The van der Waals surface area contributed by atoms with E-state index in [1.807, 2.05) is 0 Å². The van der Waals surface area contributed by atoms with Gasteiger partial charge in [0.15, 0.2) is 5.41 Å². The van der Waals surface area contributed by atoms with Gasteiger partial charge in [-0.05, 0) is 25.1 Å². The van der Waals surface area contributed by atoms with Crippen LogP contribution in [0.3, 0.4) is 0 Å². The molecule has 0 saturated carbocycles. The molecule has 1 fully saturated rings. The van der Waals surface area contributed by atoms with Crippen LogP contribution >= 0.6 is 0 Å². The molecule has 4 nitrogen and oxygen atoms in total. The first-order valence-electron chi connectivity index (χ1n) is 6.51. The van der Waals surface area contributed by atoms with Crippen LogP contribution in [0.15, 0.2) is 24.3 Å². The molecule has 1 amide bonds. The van der Waals surface area contributed by atoms with Gasteiger partial charge in [-0.15, -0.1) is 0 Å². The van der Waals surface area contributed by atoms with Crippen LogP contribution in [-0.4, -0.2) is 39.3 Å². The molecule has 0 bridgehead atoms. The lowest BCUT2D eigenvalue weighted by atomic mass is 9.84. The summed E-state index contributed by atoms with van der Waals surface area (Å²) in [5, 5.41) is 2.64. The number of ether oxygens (including phenoxy) is 1. The highest BCUT2D eigenvalue weighted by Gasteiger charge is 2.62. The summed E-state index contributed by atoms with van der Waals surface area (Å²) >= 11 is 0. The standard InChI is InChI=1S/C14H17F3N2O2/c1-19(10-4-3-5-11(8-10)21-2)12(20)13(14(15,16)17)6-7-18-9-13/h3-5,8,18H,6-7,9H2,1-2H3. The molecule has 21 heavy (non-hydrogen) atoms. The number of amides is 1. The summed E-state index contributed by atoms with van der Waals surface area (Å²) < 4.78 is 45.2. The van der Waals surface area contributed by atoms with Gasteiger partial charge in [0.25, 0.3) is 0 Å². The normalized spacial score (nSPS) is 22.1. The molecule has 1 aromatic rings. The highest BCUT2D eigenvalue weighted by atomic mass is 19.4. The van der Waals surface area contributed by atoms with Crippen LogP contribution < -0.4 is 15.0 Å². The third kappa shape index (κ3) is 2.70. The van der Waals surface area contributed by atoms with Crippen LogP contribution in [0, 0.1) is 5.41 Å². The quantitative estimate of drug-likeness (QED) is 0.930. The predicted molar refractivity (Wildman–Crippen MR) is 72.4 cm³/mol. The maximum Gasteiger partial charge on any atom is 0.404 e. The SMILES string of the molecule is COc1cccc(N(C)C(=O)C2(C(F)(F)F)CCNC2)c1. The van der Waals surface area contributed by atoms with Crippen LogP contribution in [0.2, 0.25) is 0 Å². The average molecular weight is 302 g/mol. The van der Waals surface area contributed by atoms with Gasteiger partial charge in [-0.25, -0.2) is 0 Å². The van der Waals surface area contributed by atoms with Crippen molar-refractivity contribution < 1.29 is 22.7 Å². The fraction of sp³-hybridized carbons (Fsp3) is 0.500. The summed E-state index contributed by atoms with van der Waals surface area (Å²) in [5.74, 6) is -0.467. The average Bonchev–Trinajstić information content (AvgIpc) is 2.96. The van der Waals surface area contributed by atoms with Crippen molar-refractivity contribution in [3.63, 3.8) is 0 Å². The van der Waals surface area contributed by atoms with E-state index in [0.717, 1.165) is 4.90 Å². The Morgan fingerprint density at radius 1 is 1.43 bits per heavy atom. The van der Waals surface area contributed by atoms with Crippen LogP contribution in [-0.2, 0) is 4.79 Å². The lowest BCUT2D eigenvalue weighted by molar-refractivity contribution is -0.214. The first kappa shape index (κ1) is 15.6. The molecule has 1 N–H and O–H groups in total. The monoisotopic (exact) mass is 302 g/mol. The summed E-state index contributed by atoms with van der Waals surface area (Å²) in [6.45, 7) is -0.207. The summed E-state index contributed by atoms with van der Waals surface area (Å²) in [6, 6.07) is 6.40. The van der Waals surface area contributed by atoms with E-state index in [2.05, 4.69) is 5.32 Å². The minimum atomic E-state index is -4.58. The van der Waals surface area contributed by atoms with Crippen molar-refractivity contribution >= 4 is 11.6 Å². The molecule has 1 unspecified atom stereocenters. The van der Waals surface area contributed by atoms with Crippen molar-refractivity contribution in [3.8, 4) is 5.75 Å². The number of carbonyl (C=O) groups excluding carboxylic acids is 1. The van der Waals surface area contributed by atoms with E-state index in [-0.39, 0.29) is 19.5 Å². The van der Waals surface area contributed by atoms with E-state index in [0.29, 0.717) is 11.4 Å². The zero-order chi connectivity index (χ0) is 15.7. The molecule has 0 aromatic heterocycles. The van der Waals surface area contributed by atoms with Crippen LogP contribution in [0.1, 0.15) is 6.42 Å². The molecule has 116 valence electrons. The molecule has 0 aliphatic carbocycles. The molecule has 1 aliphatic rings. The third-order valence-corrected chi connectivity index (χ3v) is 3.85. The predicted octanol–water partition coefficient (Wildman–Crippen LogP) is 2.20. The number of hydrogen-bond donors (Lipinski definition) is 1. The summed E-state index contributed by atoms with van der Waals surface area (Å²) in [4.78, 5) is 13.5. The van der Waals surface area contributed by atoms with Crippen LogP contribution in [0.5, 0.6) is 5.75 Å². The maximum absolute atomic E-state index is 13.4. The molecule has 2 rings (SSSR count). The number of anilines is 1. The molecule has 0 radical (unpaired) electrons. The highest BCUT2D eigenvalue weighted by Crippen LogP contribution is 2.44. The van der Waals surface area contributed by atoms with Crippen molar-refractivity contribution in [2.24, 2.45) is 5.41 Å². The Hall–Kier alpha value is -1.76. The van der Waals surface area contributed by atoms with Crippen molar-refractivity contribution in [3.05, 3.63) is 24.3 Å². The van der Waals surface area contributed by atoms with Gasteiger partial charge in [-0.2, -0.15) is 13.2 Å². The molecule has 0 spiro atoms. The number of hydrogen-bond acceptors (Lipinski definition) is 3. The lowest BCUT2D eigenvalue weighted by Crippen LogP contribution is -2.52. The fourth-order valence-electron chi connectivity index (χ4n) is 2.50. The van der Waals surface area contributed by atoms with Gasteiger partial charge >= 0.3 is 6.18 Å². The molecule has 1 aliphatic heterocycles. The number of methoxy groups -OCH3 is 1. The Morgan fingerprint density at radius 3 is 2.67 bits per heavy atom. The fourth-order valence-corrected chi connectivity index (χ4v) is 2.50. The molecular weight excluding hydrogens is 285 g/mol. The number of benzene rings is 1. The van der Waals surface area contributed by atoms with Crippen LogP contribution in [0.4, 0.5) is 18.9 Å². The lowest BCUT2D eigenvalue weighted by Gasteiger charge is -2.33. The Morgan fingerprint density at radius 2 is 2.14 bits per heavy atom. The number of halogens is 3. The Balaban J connectivity index is 2.33. The van der Waals surface area contributed by atoms with Gasteiger partial charge in [-0.3, -0.25) is 4.79 Å². The zero-order valence-corrected chi connectivity index (χ0v) is 11.8. The largest absolute Gasteiger partial charge is 0.497 e. The Labute approximate surface area is 120 Å². The Kier molecular flexibility index (Phi) is 4.13.